The van der Waals surface area contributed by atoms with Crippen molar-refractivity contribution in [1.29, 1.82) is 0 Å². The molecule has 0 aliphatic carbocycles. The van der Waals surface area contributed by atoms with Gasteiger partial charge in [-0.25, -0.2) is 4.39 Å². The zero-order valence-electron chi connectivity index (χ0n) is 18.9. The van der Waals surface area contributed by atoms with Gasteiger partial charge in [-0.3, -0.25) is 14.5 Å². The van der Waals surface area contributed by atoms with Gasteiger partial charge in [-0.1, -0.05) is 23.7 Å². The predicted octanol–water partition coefficient (Wildman–Crippen LogP) is 2.67. The lowest BCUT2D eigenvalue weighted by molar-refractivity contribution is -0.139. The summed E-state index contributed by atoms with van der Waals surface area (Å²) in [6.07, 6.45) is 0. The molecule has 0 radical (unpaired) electrons. The minimum atomic E-state index is -0.359. The van der Waals surface area contributed by atoms with Gasteiger partial charge < -0.3 is 20.7 Å². The first-order valence-corrected chi connectivity index (χ1v) is 11.3. The third-order valence-corrected chi connectivity index (χ3v) is 5.94. The number of hydrogen-bond donors (Lipinski definition) is 2. The van der Waals surface area contributed by atoms with Gasteiger partial charge >= 0.3 is 0 Å². The number of nitrogens with two attached hydrogens (primary N) is 1. The summed E-state index contributed by atoms with van der Waals surface area (Å²) in [6, 6.07) is 11.3. The lowest BCUT2D eigenvalue weighted by atomic mass is 10.1. The van der Waals surface area contributed by atoms with Gasteiger partial charge in [0.05, 0.1) is 5.56 Å². The van der Waals surface area contributed by atoms with Crippen LogP contribution in [0.15, 0.2) is 42.5 Å². The van der Waals surface area contributed by atoms with Crippen molar-refractivity contribution >= 4 is 23.4 Å². The highest BCUT2D eigenvalue weighted by Gasteiger charge is 2.32. The first-order valence-electron chi connectivity index (χ1n) is 11.0. The van der Waals surface area contributed by atoms with E-state index in [9.17, 15) is 14.0 Å². The standard InChI is InChI=1S/C24H30ClFN4O3/c1-16-13-30(17(2)12-29(16)14-18-3-6-20(26)7-4-18)23(31)15-33-22-8-5-19(25)11-21(22)24(32)28-10-9-27/h3-8,11,16-17H,9-10,12-15,27H2,1-2H3,(H,28,32)/t16-,17+/m1/s1. The average molecular weight is 477 g/mol. The van der Waals surface area contributed by atoms with Gasteiger partial charge in [-0.05, 0) is 49.7 Å². The van der Waals surface area contributed by atoms with E-state index in [1.165, 1.54) is 18.2 Å². The van der Waals surface area contributed by atoms with Crippen LogP contribution in [0.1, 0.15) is 29.8 Å². The largest absolute Gasteiger partial charge is 0.483 e. The molecule has 0 bridgehead atoms. The average Bonchev–Trinajstić information content (AvgIpc) is 2.80. The molecular formula is C24H30ClFN4O3. The number of carbonyl (C=O) groups is 2. The maximum absolute atomic E-state index is 13.2. The molecule has 0 saturated carbocycles. The second kappa shape index (κ2) is 11.4. The van der Waals surface area contributed by atoms with E-state index in [4.69, 9.17) is 22.1 Å². The Kier molecular flexibility index (Phi) is 8.66. The van der Waals surface area contributed by atoms with Gasteiger partial charge in [-0.15, -0.1) is 0 Å². The van der Waals surface area contributed by atoms with E-state index in [0.717, 1.165) is 5.56 Å². The molecule has 3 N–H and O–H groups in total. The fourth-order valence-corrected chi connectivity index (χ4v) is 4.07. The number of rotatable bonds is 8. The Balaban J connectivity index is 1.60. The van der Waals surface area contributed by atoms with E-state index >= 15 is 0 Å². The maximum Gasteiger partial charge on any atom is 0.260 e. The molecule has 2 amide bonds. The number of hydrogen-bond acceptors (Lipinski definition) is 5. The Bertz CT molecular complexity index is 973. The zero-order chi connectivity index (χ0) is 24.0. The summed E-state index contributed by atoms with van der Waals surface area (Å²) < 4.78 is 18.9. The molecule has 7 nitrogen and oxygen atoms in total. The molecular weight excluding hydrogens is 447 g/mol. The van der Waals surface area contributed by atoms with Crippen LogP contribution in [0, 0.1) is 5.82 Å². The molecule has 1 fully saturated rings. The molecule has 1 saturated heterocycles. The molecule has 178 valence electrons. The Morgan fingerprint density at radius 2 is 1.88 bits per heavy atom. The molecule has 2 aromatic carbocycles. The summed E-state index contributed by atoms with van der Waals surface area (Å²) in [5.74, 6) is -0.477. The maximum atomic E-state index is 13.2. The molecule has 0 unspecified atom stereocenters. The Labute approximate surface area is 198 Å². The Morgan fingerprint density at radius 3 is 2.58 bits per heavy atom. The first-order chi connectivity index (χ1) is 15.8. The van der Waals surface area contributed by atoms with Crippen LogP contribution in [-0.2, 0) is 11.3 Å². The second-order valence-electron chi connectivity index (χ2n) is 8.27. The Hall–Kier alpha value is -2.68. The molecule has 2 aromatic rings. The minimum absolute atomic E-state index is 0.0183. The topological polar surface area (TPSA) is 87.9 Å². The number of halogens is 2. The van der Waals surface area contributed by atoms with Gasteiger partial charge in [0.1, 0.15) is 11.6 Å². The molecule has 0 aromatic heterocycles. The molecule has 1 heterocycles. The molecule has 9 heteroatoms. The summed E-state index contributed by atoms with van der Waals surface area (Å²) >= 11 is 6.04. The monoisotopic (exact) mass is 476 g/mol. The number of nitrogens with one attached hydrogen (secondary N) is 1. The van der Waals surface area contributed by atoms with Crippen molar-refractivity contribution in [3.63, 3.8) is 0 Å². The quantitative estimate of drug-likeness (QED) is 0.611. The molecule has 1 aliphatic heterocycles. The van der Waals surface area contributed by atoms with Gasteiger partial charge in [0, 0.05) is 49.8 Å². The van der Waals surface area contributed by atoms with Gasteiger partial charge in [0.2, 0.25) is 0 Å². The number of benzene rings is 2. The highest BCUT2D eigenvalue weighted by molar-refractivity contribution is 6.31. The van der Waals surface area contributed by atoms with E-state index < -0.39 is 0 Å². The smallest absolute Gasteiger partial charge is 0.260 e. The molecule has 2 atom stereocenters. The van der Waals surface area contributed by atoms with E-state index in [-0.39, 0.29) is 47.6 Å². The third-order valence-electron chi connectivity index (χ3n) is 5.70. The van der Waals surface area contributed by atoms with Crippen LogP contribution in [0.3, 0.4) is 0 Å². The van der Waals surface area contributed by atoms with Crippen LogP contribution in [-0.4, -0.2) is 66.5 Å². The summed E-state index contributed by atoms with van der Waals surface area (Å²) in [4.78, 5) is 29.4. The SMILES string of the molecule is C[C@@H]1CN(C(=O)COc2ccc(Cl)cc2C(=O)NCCN)[C@@H](C)CN1Cc1ccc(F)cc1. The minimum Gasteiger partial charge on any atom is -0.483 e. The van der Waals surface area contributed by atoms with Crippen molar-refractivity contribution in [2.75, 3.05) is 32.8 Å². The highest BCUT2D eigenvalue weighted by atomic mass is 35.5. The van der Waals surface area contributed by atoms with Gasteiger partial charge in [0.15, 0.2) is 6.61 Å². The third kappa shape index (κ3) is 6.66. The van der Waals surface area contributed by atoms with E-state index in [0.29, 0.717) is 37.7 Å². The van der Waals surface area contributed by atoms with Crippen LogP contribution < -0.4 is 15.8 Å². The van der Waals surface area contributed by atoms with Crippen molar-refractivity contribution in [3.05, 3.63) is 64.4 Å². The number of carbonyl (C=O) groups excluding carboxylic acids is 2. The van der Waals surface area contributed by atoms with Crippen LogP contribution in [0.25, 0.3) is 0 Å². The van der Waals surface area contributed by atoms with Crippen LogP contribution in [0.2, 0.25) is 5.02 Å². The van der Waals surface area contributed by atoms with Crippen molar-refractivity contribution in [3.8, 4) is 5.75 Å². The number of nitrogens with zero attached hydrogens (tertiary/aromatic N) is 2. The summed E-state index contributed by atoms with van der Waals surface area (Å²) in [6.45, 7) is 6.44. The van der Waals surface area contributed by atoms with Crippen molar-refractivity contribution in [2.45, 2.75) is 32.5 Å². The fourth-order valence-electron chi connectivity index (χ4n) is 3.90. The van der Waals surface area contributed by atoms with E-state index in [2.05, 4.69) is 17.1 Å². The van der Waals surface area contributed by atoms with Crippen LogP contribution in [0.4, 0.5) is 4.39 Å². The van der Waals surface area contributed by atoms with Gasteiger partial charge in [-0.2, -0.15) is 0 Å². The zero-order valence-corrected chi connectivity index (χ0v) is 19.6. The number of ether oxygens (including phenoxy) is 1. The van der Waals surface area contributed by atoms with Crippen molar-refractivity contribution in [2.24, 2.45) is 5.73 Å². The predicted molar refractivity (Wildman–Crippen MR) is 126 cm³/mol. The summed E-state index contributed by atoms with van der Waals surface area (Å²) in [5.41, 5.74) is 6.73. The fraction of sp³-hybridized carbons (Fsp3) is 0.417. The van der Waals surface area contributed by atoms with Crippen molar-refractivity contribution in [1.82, 2.24) is 15.1 Å². The number of amides is 2. The van der Waals surface area contributed by atoms with E-state index in [1.807, 2.05) is 6.92 Å². The molecule has 33 heavy (non-hydrogen) atoms. The lowest BCUT2D eigenvalue weighted by Gasteiger charge is -2.44. The van der Waals surface area contributed by atoms with Crippen LogP contribution in [0.5, 0.6) is 5.75 Å². The molecule has 3 rings (SSSR count). The van der Waals surface area contributed by atoms with Crippen molar-refractivity contribution < 1.29 is 18.7 Å². The second-order valence-corrected chi connectivity index (χ2v) is 8.71. The molecule has 0 spiro atoms. The van der Waals surface area contributed by atoms with E-state index in [1.54, 1.807) is 29.2 Å². The summed E-state index contributed by atoms with van der Waals surface area (Å²) in [7, 11) is 0. The lowest BCUT2D eigenvalue weighted by Crippen LogP contribution is -2.58. The van der Waals surface area contributed by atoms with Crippen LogP contribution >= 0.6 is 11.6 Å². The highest BCUT2D eigenvalue weighted by Crippen LogP contribution is 2.24. The summed E-state index contributed by atoms with van der Waals surface area (Å²) in [5, 5.41) is 3.08. The normalized spacial score (nSPS) is 18.8. The molecule has 1 aliphatic rings. The first kappa shape index (κ1) is 25.0. The number of piperazine rings is 1. The van der Waals surface area contributed by atoms with Gasteiger partial charge in [0.25, 0.3) is 11.8 Å². The Morgan fingerprint density at radius 1 is 1.15 bits per heavy atom.